The minimum Gasteiger partial charge on any atom is -0.409 e. The van der Waals surface area contributed by atoms with Gasteiger partial charge in [-0.15, -0.1) is 0 Å². The van der Waals surface area contributed by atoms with Gasteiger partial charge in [-0.2, -0.15) is 0 Å². The van der Waals surface area contributed by atoms with Gasteiger partial charge >= 0.3 is 0 Å². The van der Waals surface area contributed by atoms with Crippen LogP contribution in [0.3, 0.4) is 0 Å². The number of hydrogen-bond acceptors (Lipinski definition) is 4. The van der Waals surface area contributed by atoms with Crippen molar-refractivity contribution in [2.45, 2.75) is 33.7 Å². The molecule has 2 atom stereocenters. The predicted octanol–water partition coefficient (Wildman–Crippen LogP) is 0.804. The molecule has 0 fully saturated rings. The normalized spacial score (nSPS) is 15.7. The van der Waals surface area contributed by atoms with Crippen LogP contribution in [0.1, 0.15) is 27.7 Å². The van der Waals surface area contributed by atoms with Crippen molar-refractivity contribution in [1.82, 2.24) is 9.80 Å². The number of carbonyl (C=O) groups excluding carboxylic acids is 1. The average Bonchev–Trinajstić information content (AvgIpc) is 2.28. The largest absolute Gasteiger partial charge is 0.409 e. The van der Waals surface area contributed by atoms with Crippen molar-refractivity contribution in [3.8, 4) is 0 Å². The molecule has 0 heterocycles. The number of nitrogens with zero attached hydrogens (tertiary/aromatic N) is 3. The van der Waals surface area contributed by atoms with Crippen LogP contribution in [0.5, 0.6) is 0 Å². The zero-order valence-corrected chi connectivity index (χ0v) is 12.9. The lowest BCUT2D eigenvalue weighted by atomic mass is 9.92. The Morgan fingerprint density at radius 3 is 2.16 bits per heavy atom. The van der Waals surface area contributed by atoms with E-state index in [0.29, 0.717) is 6.54 Å². The molecule has 0 aliphatic rings. The van der Waals surface area contributed by atoms with Gasteiger partial charge in [-0.25, -0.2) is 0 Å². The first-order valence-electron chi connectivity index (χ1n) is 6.68. The summed E-state index contributed by atoms with van der Waals surface area (Å²) < 4.78 is 0. The number of carbonyl (C=O) groups is 1. The Hall–Kier alpha value is -1.30. The van der Waals surface area contributed by atoms with Crippen LogP contribution >= 0.6 is 0 Å². The average molecular weight is 272 g/mol. The van der Waals surface area contributed by atoms with E-state index >= 15 is 0 Å². The van der Waals surface area contributed by atoms with Crippen molar-refractivity contribution >= 4 is 11.7 Å². The molecule has 0 saturated heterocycles. The zero-order chi connectivity index (χ0) is 15.2. The fourth-order valence-electron chi connectivity index (χ4n) is 2.31. The Morgan fingerprint density at radius 2 is 1.84 bits per heavy atom. The molecule has 0 aliphatic heterocycles. The van der Waals surface area contributed by atoms with Gasteiger partial charge in [0.25, 0.3) is 0 Å². The minimum absolute atomic E-state index is 0.0102. The number of hydrogen-bond donors (Lipinski definition) is 2. The molecule has 19 heavy (non-hydrogen) atoms. The Balaban J connectivity index is 5.08. The minimum atomic E-state index is -0.574. The number of likely N-dealkylation sites (N-methyl/N-ethyl adjacent to an activating group) is 2. The summed E-state index contributed by atoms with van der Waals surface area (Å²) in [5.74, 6) is -0.684. The molecular formula is C13H28N4O2. The SMILES string of the molecule is CCN(C(=O)C(C(N)=NO)C(C)C)C(C)CN(C)C. The summed E-state index contributed by atoms with van der Waals surface area (Å²) in [5, 5.41) is 11.8. The molecule has 6 heteroatoms. The summed E-state index contributed by atoms with van der Waals surface area (Å²) in [5.41, 5.74) is 5.66. The third kappa shape index (κ3) is 5.06. The highest BCUT2D eigenvalue weighted by molar-refractivity contribution is 6.02. The molecule has 0 aromatic carbocycles. The molecule has 112 valence electrons. The second-order valence-electron chi connectivity index (χ2n) is 5.48. The van der Waals surface area contributed by atoms with E-state index in [9.17, 15) is 4.79 Å². The Labute approximate surface area is 116 Å². The van der Waals surface area contributed by atoms with Gasteiger partial charge in [0.2, 0.25) is 5.91 Å². The maximum atomic E-state index is 12.6. The quantitative estimate of drug-likeness (QED) is 0.311. The van der Waals surface area contributed by atoms with Crippen LogP contribution in [0.15, 0.2) is 5.16 Å². The van der Waals surface area contributed by atoms with Crippen LogP contribution in [0.2, 0.25) is 0 Å². The van der Waals surface area contributed by atoms with Gasteiger partial charge in [-0.05, 0) is 33.9 Å². The van der Waals surface area contributed by atoms with E-state index in [1.165, 1.54) is 0 Å². The van der Waals surface area contributed by atoms with Crippen LogP contribution in [-0.2, 0) is 4.79 Å². The number of nitrogens with two attached hydrogens (primary N) is 1. The maximum absolute atomic E-state index is 12.6. The summed E-state index contributed by atoms with van der Waals surface area (Å²) in [6.07, 6.45) is 0. The van der Waals surface area contributed by atoms with Gasteiger partial charge < -0.3 is 20.7 Å². The third-order valence-corrected chi connectivity index (χ3v) is 3.15. The lowest BCUT2D eigenvalue weighted by Crippen LogP contribution is -2.50. The van der Waals surface area contributed by atoms with E-state index in [4.69, 9.17) is 10.9 Å². The summed E-state index contributed by atoms with van der Waals surface area (Å²) in [6, 6.07) is 0.0836. The highest BCUT2D eigenvalue weighted by Gasteiger charge is 2.32. The maximum Gasteiger partial charge on any atom is 0.233 e. The van der Waals surface area contributed by atoms with Crippen molar-refractivity contribution in [1.29, 1.82) is 0 Å². The molecule has 0 aromatic heterocycles. The fourth-order valence-corrected chi connectivity index (χ4v) is 2.31. The molecule has 2 unspecified atom stereocenters. The summed E-state index contributed by atoms with van der Waals surface area (Å²) in [6.45, 7) is 9.12. The molecular weight excluding hydrogens is 244 g/mol. The standard InChI is InChI=1S/C13H28N4O2/c1-7-17(10(4)8-16(5)6)13(18)11(9(2)3)12(14)15-19/h9-11,19H,7-8H2,1-6H3,(H2,14,15). The third-order valence-electron chi connectivity index (χ3n) is 3.15. The van der Waals surface area contributed by atoms with Crippen molar-refractivity contribution in [2.75, 3.05) is 27.2 Å². The smallest absolute Gasteiger partial charge is 0.233 e. The number of oxime groups is 1. The predicted molar refractivity (Wildman–Crippen MR) is 77.1 cm³/mol. The molecule has 0 aromatic rings. The molecule has 0 radical (unpaired) electrons. The molecule has 1 amide bonds. The van der Waals surface area contributed by atoms with Gasteiger partial charge in [0.15, 0.2) is 5.84 Å². The molecule has 0 rings (SSSR count). The van der Waals surface area contributed by atoms with E-state index in [-0.39, 0.29) is 23.7 Å². The first-order chi connectivity index (χ1) is 8.76. The van der Waals surface area contributed by atoms with E-state index < -0.39 is 5.92 Å². The lowest BCUT2D eigenvalue weighted by molar-refractivity contribution is -0.136. The first kappa shape index (κ1) is 17.7. The summed E-state index contributed by atoms with van der Waals surface area (Å²) in [4.78, 5) is 16.4. The number of amides is 1. The molecule has 0 saturated carbocycles. The summed E-state index contributed by atoms with van der Waals surface area (Å²) in [7, 11) is 3.94. The van der Waals surface area contributed by atoms with Gasteiger partial charge in [-0.3, -0.25) is 4.79 Å². The van der Waals surface area contributed by atoms with Crippen LogP contribution < -0.4 is 5.73 Å². The van der Waals surface area contributed by atoms with E-state index in [1.807, 2.05) is 46.7 Å². The number of rotatable bonds is 7. The van der Waals surface area contributed by atoms with Crippen LogP contribution in [-0.4, -0.2) is 60.0 Å². The topological polar surface area (TPSA) is 82.2 Å². The molecule has 0 aliphatic carbocycles. The first-order valence-corrected chi connectivity index (χ1v) is 6.68. The number of amidine groups is 1. The second kappa shape index (κ2) is 7.99. The highest BCUT2D eigenvalue weighted by atomic mass is 16.4. The van der Waals surface area contributed by atoms with Gasteiger partial charge in [0.1, 0.15) is 5.92 Å². The lowest BCUT2D eigenvalue weighted by Gasteiger charge is -2.33. The van der Waals surface area contributed by atoms with Crippen molar-refractivity contribution in [2.24, 2.45) is 22.7 Å². The van der Waals surface area contributed by atoms with Crippen LogP contribution in [0.25, 0.3) is 0 Å². The Bertz CT molecular complexity index is 316. The van der Waals surface area contributed by atoms with Crippen LogP contribution in [0.4, 0.5) is 0 Å². The van der Waals surface area contributed by atoms with Crippen molar-refractivity contribution < 1.29 is 10.0 Å². The highest BCUT2D eigenvalue weighted by Crippen LogP contribution is 2.16. The monoisotopic (exact) mass is 272 g/mol. The van der Waals surface area contributed by atoms with Gasteiger partial charge in [0.05, 0.1) is 0 Å². The molecule has 6 nitrogen and oxygen atoms in total. The Morgan fingerprint density at radius 1 is 1.32 bits per heavy atom. The molecule has 3 N–H and O–H groups in total. The van der Waals surface area contributed by atoms with Gasteiger partial charge in [-0.1, -0.05) is 19.0 Å². The van der Waals surface area contributed by atoms with E-state index in [2.05, 4.69) is 5.16 Å². The molecule has 0 bridgehead atoms. The second-order valence-corrected chi connectivity index (χ2v) is 5.48. The zero-order valence-electron chi connectivity index (χ0n) is 12.9. The van der Waals surface area contributed by atoms with E-state index in [0.717, 1.165) is 6.54 Å². The fraction of sp³-hybridized carbons (Fsp3) is 0.846. The van der Waals surface area contributed by atoms with Crippen molar-refractivity contribution in [3.05, 3.63) is 0 Å². The van der Waals surface area contributed by atoms with Crippen molar-refractivity contribution in [3.63, 3.8) is 0 Å². The summed E-state index contributed by atoms with van der Waals surface area (Å²) >= 11 is 0. The van der Waals surface area contributed by atoms with Crippen LogP contribution in [0, 0.1) is 11.8 Å². The van der Waals surface area contributed by atoms with Gasteiger partial charge in [0, 0.05) is 19.1 Å². The molecule has 0 spiro atoms. The Kier molecular flexibility index (Phi) is 7.44. The van der Waals surface area contributed by atoms with E-state index in [1.54, 1.807) is 4.90 Å².